The summed E-state index contributed by atoms with van der Waals surface area (Å²) < 4.78 is 7.29. The van der Waals surface area contributed by atoms with Gasteiger partial charge >= 0.3 is 0 Å². The van der Waals surface area contributed by atoms with Crippen molar-refractivity contribution in [1.29, 1.82) is 0 Å². The zero-order valence-electron chi connectivity index (χ0n) is 17.0. The number of carbonyl (C=O) groups excluding carboxylic acids is 2. The molecule has 0 bridgehead atoms. The van der Waals surface area contributed by atoms with Crippen LogP contribution in [0.15, 0.2) is 36.4 Å². The van der Waals surface area contributed by atoms with Crippen LogP contribution in [0.3, 0.4) is 0 Å². The van der Waals surface area contributed by atoms with Gasteiger partial charge in [0.05, 0.1) is 13.2 Å². The largest absolute Gasteiger partial charge is 0.383 e. The lowest BCUT2D eigenvalue weighted by Crippen LogP contribution is -2.49. The lowest BCUT2D eigenvalue weighted by molar-refractivity contribution is 0.0624. The number of hydrogen-bond acceptors (Lipinski definition) is 4. The molecule has 1 amide bonds. The Morgan fingerprint density at radius 3 is 2.36 bits per heavy atom. The third kappa shape index (κ3) is 4.51. The van der Waals surface area contributed by atoms with Crippen molar-refractivity contribution in [2.45, 2.75) is 20.4 Å². The quantitative estimate of drug-likeness (QED) is 0.689. The van der Waals surface area contributed by atoms with Crippen LogP contribution in [-0.2, 0) is 11.3 Å². The molecule has 28 heavy (non-hydrogen) atoms. The molecule has 1 aliphatic heterocycles. The molecule has 0 atom stereocenters. The van der Waals surface area contributed by atoms with Gasteiger partial charge in [0.25, 0.3) is 5.91 Å². The first-order valence-corrected chi connectivity index (χ1v) is 9.76. The van der Waals surface area contributed by atoms with Crippen LogP contribution in [0.4, 0.5) is 0 Å². The van der Waals surface area contributed by atoms with Crippen molar-refractivity contribution >= 4 is 11.7 Å². The van der Waals surface area contributed by atoms with Crippen LogP contribution >= 0.6 is 0 Å². The number of amides is 1. The van der Waals surface area contributed by atoms with Gasteiger partial charge in [0.15, 0.2) is 5.78 Å². The van der Waals surface area contributed by atoms with Crippen LogP contribution in [0.5, 0.6) is 0 Å². The van der Waals surface area contributed by atoms with Crippen LogP contribution in [0.25, 0.3) is 0 Å². The van der Waals surface area contributed by atoms with Gasteiger partial charge in [-0.1, -0.05) is 18.2 Å². The van der Waals surface area contributed by atoms with E-state index < -0.39 is 0 Å². The van der Waals surface area contributed by atoms with Gasteiger partial charge in [-0.15, -0.1) is 0 Å². The molecule has 0 unspecified atom stereocenters. The minimum Gasteiger partial charge on any atom is -0.383 e. The number of ketones is 1. The fourth-order valence-corrected chi connectivity index (χ4v) is 3.77. The highest BCUT2D eigenvalue weighted by atomic mass is 16.5. The monoisotopic (exact) mass is 383 g/mol. The highest BCUT2D eigenvalue weighted by Gasteiger charge is 2.24. The maximum atomic E-state index is 12.8. The van der Waals surface area contributed by atoms with E-state index in [1.54, 1.807) is 7.11 Å². The Kier molecular flexibility index (Phi) is 6.65. The number of ether oxygens (including phenoxy) is 1. The van der Waals surface area contributed by atoms with Gasteiger partial charge in [-0.2, -0.15) is 0 Å². The summed E-state index contributed by atoms with van der Waals surface area (Å²) in [5.74, 6) is 0.202. The maximum Gasteiger partial charge on any atom is 0.253 e. The van der Waals surface area contributed by atoms with Crippen LogP contribution in [0.1, 0.15) is 32.1 Å². The number of benzene rings is 1. The van der Waals surface area contributed by atoms with Gasteiger partial charge < -0.3 is 14.2 Å². The molecular formula is C22H29N3O3. The number of methoxy groups -OCH3 is 1. The van der Waals surface area contributed by atoms with Gasteiger partial charge in [-0.25, -0.2) is 0 Å². The van der Waals surface area contributed by atoms with Crippen molar-refractivity contribution in [3.63, 3.8) is 0 Å². The highest BCUT2D eigenvalue weighted by molar-refractivity contribution is 5.99. The van der Waals surface area contributed by atoms with Gasteiger partial charge in [-0.3, -0.25) is 14.5 Å². The molecule has 0 N–H and O–H groups in total. The molecule has 1 aromatic carbocycles. The third-order valence-corrected chi connectivity index (χ3v) is 5.44. The van der Waals surface area contributed by atoms with Crippen molar-refractivity contribution in [3.05, 3.63) is 58.9 Å². The smallest absolute Gasteiger partial charge is 0.253 e. The number of nitrogens with zero attached hydrogens (tertiary/aromatic N) is 3. The molecule has 0 saturated carbocycles. The summed E-state index contributed by atoms with van der Waals surface area (Å²) in [6.07, 6.45) is 0. The number of Topliss-reactive ketones (excluding diaryl/α,β-unsaturated/α-hetero) is 1. The molecule has 3 rings (SSSR count). The second-order valence-electron chi connectivity index (χ2n) is 7.29. The molecule has 0 radical (unpaired) electrons. The van der Waals surface area contributed by atoms with E-state index in [2.05, 4.69) is 9.47 Å². The SMILES string of the molecule is COCCn1c(C)cc(C(=O)CN2CCN(C(=O)c3ccccc3)CC2)c1C. The summed E-state index contributed by atoms with van der Waals surface area (Å²) in [6.45, 7) is 8.51. The number of aryl methyl sites for hydroxylation is 1. The summed E-state index contributed by atoms with van der Waals surface area (Å²) >= 11 is 0. The summed E-state index contributed by atoms with van der Waals surface area (Å²) in [5.41, 5.74) is 3.58. The summed E-state index contributed by atoms with van der Waals surface area (Å²) in [5, 5.41) is 0. The molecule has 1 aliphatic rings. The van der Waals surface area contributed by atoms with E-state index in [1.165, 1.54) is 0 Å². The second-order valence-corrected chi connectivity index (χ2v) is 7.29. The molecule has 1 aromatic heterocycles. The van der Waals surface area contributed by atoms with Gasteiger partial charge in [0.1, 0.15) is 0 Å². The Bertz CT molecular complexity index is 821. The molecule has 6 nitrogen and oxygen atoms in total. The number of rotatable bonds is 7. The van der Waals surface area contributed by atoms with E-state index >= 15 is 0 Å². The Balaban J connectivity index is 1.56. The maximum absolute atomic E-state index is 12.8. The van der Waals surface area contributed by atoms with E-state index in [1.807, 2.05) is 55.1 Å². The first-order chi connectivity index (χ1) is 13.5. The van der Waals surface area contributed by atoms with Crippen LogP contribution in [0, 0.1) is 13.8 Å². The predicted molar refractivity (Wildman–Crippen MR) is 109 cm³/mol. The van der Waals surface area contributed by atoms with E-state index in [0.29, 0.717) is 39.3 Å². The van der Waals surface area contributed by atoms with Gasteiger partial charge in [0, 0.05) is 62.3 Å². The molecule has 1 saturated heterocycles. The van der Waals surface area contributed by atoms with E-state index in [-0.39, 0.29) is 11.7 Å². The number of aromatic nitrogens is 1. The average Bonchev–Trinajstić information content (AvgIpc) is 3.01. The first kappa shape index (κ1) is 20.3. The Morgan fingerprint density at radius 2 is 1.71 bits per heavy atom. The normalized spacial score (nSPS) is 15.0. The molecular weight excluding hydrogens is 354 g/mol. The van der Waals surface area contributed by atoms with Crippen LogP contribution < -0.4 is 0 Å². The summed E-state index contributed by atoms with van der Waals surface area (Å²) in [4.78, 5) is 29.4. The van der Waals surface area contributed by atoms with Gasteiger partial charge in [-0.05, 0) is 32.0 Å². The molecule has 0 aliphatic carbocycles. The van der Waals surface area contributed by atoms with E-state index in [9.17, 15) is 9.59 Å². The van der Waals surface area contributed by atoms with Crippen LogP contribution in [0.2, 0.25) is 0 Å². The van der Waals surface area contributed by atoms with Crippen molar-refractivity contribution in [1.82, 2.24) is 14.4 Å². The zero-order valence-corrected chi connectivity index (χ0v) is 17.0. The minimum atomic E-state index is 0.0632. The fraction of sp³-hybridized carbons (Fsp3) is 0.455. The van der Waals surface area contributed by atoms with Crippen LogP contribution in [-0.4, -0.2) is 72.5 Å². The van der Waals surface area contributed by atoms with E-state index in [0.717, 1.165) is 29.1 Å². The Labute approximate surface area is 166 Å². The zero-order chi connectivity index (χ0) is 20.1. The standard InChI is InChI=1S/C22H29N3O3/c1-17-15-20(18(2)25(17)13-14-28-3)21(26)16-23-9-11-24(12-10-23)22(27)19-7-5-4-6-8-19/h4-8,15H,9-14,16H2,1-3H3. The highest BCUT2D eigenvalue weighted by Crippen LogP contribution is 2.17. The minimum absolute atomic E-state index is 0.0632. The van der Waals surface area contributed by atoms with Gasteiger partial charge in [0.2, 0.25) is 0 Å². The lowest BCUT2D eigenvalue weighted by atomic mass is 10.1. The van der Waals surface area contributed by atoms with Crippen molar-refractivity contribution in [2.24, 2.45) is 0 Å². The molecule has 2 aromatic rings. The molecule has 150 valence electrons. The summed E-state index contributed by atoms with van der Waals surface area (Å²) in [7, 11) is 1.68. The van der Waals surface area contributed by atoms with Crippen molar-refractivity contribution < 1.29 is 14.3 Å². The molecule has 2 heterocycles. The second kappa shape index (κ2) is 9.17. The molecule has 6 heteroatoms. The number of piperazine rings is 1. The van der Waals surface area contributed by atoms with Crippen molar-refractivity contribution in [3.8, 4) is 0 Å². The first-order valence-electron chi connectivity index (χ1n) is 9.76. The number of hydrogen-bond donors (Lipinski definition) is 0. The molecule has 0 spiro atoms. The molecule has 1 fully saturated rings. The summed E-state index contributed by atoms with van der Waals surface area (Å²) in [6, 6.07) is 11.3. The third-order valence-electron chi connectivity index (χ3n) is 5.44. The fourth-order valence-electron chi connectivity index (χ4n) is 3.77. The van der Waals surface area contributed by atoms with E-state index in [4.69, 9.17) is 4.74 Å². The van der Waals surface area contributed by atoms with Crippen molar-refractivity contribution in [2.75, 3.05) is 46.4 Å². The lowest BCUT2D eigenvalue weighted by Gasteiger charge is -2.34. The Hall–Kier alpha value is -2.44. The average molecular weight is 383 g/mol. The predicted octanol–water partition coefficient (Wildman–Crippen LogP) is 2.39. The number of carbonyl (C=O) groups is 2. The Morgan fingerprint density at radius 1 is 1.04 bits per heavy atom. The topological polar surface area (TPSA) is 54.8 Å².